The molecule has 2 rings (SSSR count). The molecule has 0 aromatic carbocycles. The van der Waals surface area contributed by atoms with Gasteiger partial charge < -0.3 is 13.3 Å². The van der Waals surface area contributed by atoms with E-state index in [1.54, 1.807) is 0 Å². The van der Waals surface area contributed by atoms with Crippen molar-refractivity contribution < 1.29 is 13.3 Å². The van der Waals surface area contributed by atoms with Crippen LogP contribution >= 0.6 is 23.5 Å². The fraction of sp³-hybridized carbons (Fsp3) is 1.00. The molecule has 4 unspecified atom stereocenters. The van der Waals surface area contributed by atoms with Crippen molar-refractivity contribution in [3.63, 3.8) is 0 Å². The first-order valence-electron chi connectivity index (χ1n) is 11.8. The second-order valence-corrected chi connectivity index (χ2v) is 13.5. The van der Waals surface area contributed by atoms with E-state index in [0.717, 1.165) is 35.5 Å². The molecule has 166 valence electrons. The Balaban J connectivity index is 1.57. The molecule has 0 aromatic heterocycles. The van der Waals surface area contributed by atoms with Gasteiger partial charge in [0.05, 0.1) is 0 Å². The Hall–Kier alpha value is 0.797. The largest absolute Gasteiger partial charge is 0.500 e. The number of unbranched alkanes of at least 4 members (excludes halogenated alkanes) is 1. The third-order valence-electron chi connectivity index (χ3n) is 6.27. The summed E-state index contributed by atoms with van der Waals surface area (Å²) in [5, 5.41) is 0.995. The second-order valence-electron chi connectivity index (χ2n) is 8.24. The van der Waals surface area contributed by atoms with Gasteiger partial charge in [-0.2, -0.15) is 23.5 Å². The van der Waals surface area contributed by atoms with E-state index in [4.69, 9.17) is 13.3 Å². The average molecular weight is 449 g/mol. The van der Waals surface area contributed by atoms with Crippen molar-refractivity contribution in [2.75, 3.05) is 37.1 Å². The maximum atomic E-state index is 5.96. The minimum Gasteiger partial charge on any atom is -0.374 e. The fourth-order valence-corrected chi connectivity index (χ4v) is 10.5. The fourth-order valence-electron chi connectivity index (χ4n) is 5.01. The monoisotopic (exact) mass is 448 g/mol. The predicted octanol–water partition coefficient (Wildman–Crippen LogP) is 6.50. The van der Waals surface area contributed by atoms with Crippen molar-refractivity contribution in [3.8, 4) is 0 Å². The summed E-state index contributed by atoms with van der Waals surface area (Å²) in [5.74, 6) is 7.02. The van der Waals surface area contributed by atoms with E-state index in [1.807, 2.05) is 20.8 Å². The van der Waals surface area contributed by atoms with Crippen LogP contribution in [-0.4, -0.2) is 51.1 Å². The van der Waals surface area contributed by atoms with Gasteiger partial charge in [0.15, 0.2) is 0 Å². The predicted molar refractivity (Wildman–Crippen MR) is 127 cm³/mol. The van der Waals surface area contributed by atoms with Crippen molar-refractivity contribution >= 4 is 32.3 Å². The third kappa shape index (κ3) is 7.81. The van der Waals surface area contributed by atoms with E-state index in [1.165, 1.54) is 55.8 Å². The van der Waals surface area contributed by atoms with Gasteiger partial charge in [-0.3, -0.25) is 0 Å². The van der Waals surface area contributed by atoms with E-state index < -0.39 is 8.80 Å². The molecule has 0 radical (unpaired) electrons. The molecule has 2 aliphatic rings. The molecule has 2 fully saturated rings. The van der Waals surface area contributed by atoms with E-state index >= 15 is 0 Å². The molecule has 0 aliphatic heterocycles. The first-order valence-corrected chi connectivity index (χ1v) is 15.9. The number of rotatable bonds is 17. The van der Waals surface area contributed by atoms with Gasteiger partial charge in [-0.15, -0.1) is 0 Å². The van der Waals surface area contributed by atoms with Crippen LogP contribution in [0.3, 0.4) is 0 Å². The highest BCUT2D eigenvalue weighted by molar-refractivity contribution is 8.00. The quantitative estimate of drug-likeness (QED) is 0.187. The number of hydrogen-bond donors (Lipinski definition) is 0. The molecule has 3 nitrogen and oxygen atoms in total. The van der Waals surface area contributed by atoms with E-state index in [-0.39, 0.29) is 0 Å². The molecule has 2 saturated carbocycles. The normalized spacial score (nSPS) is 27.0. The minimum absolute atomic E-state index is 0.682. The average Bonchev–Trinajstić information content (AvgIpc) is 3.25. The lowest BCUT2D eigenvalue weighted by molar-refractivity contribution is 0.0712. The standard InChI is InChI=1S/C22H44O3S2Si/c1-5-9-13-27-22-18-20-17-21(22)16-19(20)11-14-26-12-10-15-28(23-6-2,24-7-3)25-8-4/h19-22H,5-18H2,1-4H3. The Bertz CT molecular complexity index is 396. The third-order valence-corrected chi connectivity index (χ3v) is 12.0. The Morgan fingerprint density at radius 1 is 0.786 bits per heavy atom. The zero-order valence-electron chi connectivity index (χ0n) is 18.8. The lowest BCUT2D eigenvalue weighted by Gasteiger charge is -2.28. The smallest absolute Gasteiger partial charge is 0.374 e. The molecule has 6 heteroatoms. The van der Waals surface area contributed by atoms with Gasteiger partial charge in [0.2, 0.25) is 0 Å². The molecule has 2 bridgehead atoms. The van der Waals surface area contributed by atoms with E-state index in [9.17, 15) is 0 Å². The number of hydrogen-bond acceptors (Lipinski definition) is 5. The van der Waals surface area contributed by atoms with Crippen LogP contribution < -0.4 is 0 Å². The lowest BCUT2D eigenvalue weighted by Crippen LogP contribution is -2.46. The molecule has 0 aromatic rings. The van der Waals surface area contributed by atoms with Crippen LogP contribution in [0.4, 0.5) is 0 Å². The van der Waals surface area contributed by atoms with Crippen LogP contribution in [0, 0.1) is 17.8 Å². The van der Waals surface area contributed by atoms with Crippen molar-refractivity contribution in [2.45, 2.75) is 83.9 Å². The molecule has 0 saturated heterocycles. The summed E-state index contributed by atoms with van der Waals surface area (Å²) >= 11 is 4.42. The van der Waals surface area contributed by atoms with Crippen LogP contribution in [-0.2, 0) is 13.3 Å². The Kier molecular flexibility index (Phi) is 12.5. The summed E-state index contributed by atoms with van der Waals surface area (Å²) < 4.78 is 17.9. The SMILES string of the molecule is CCCCSC1CC2CC1CC2CCSCCC[Si](OCC)(OCC)OCC. The lowest BCUT2D eigenvalue weighted by atomic mass is 9.87. The zero-order chi connectivity index (χ0) is 20.2. The zero-order valence-corrected chi connectivity index (χ0v) is 21.4. The second kappa shape index (κ2) is 14.0. The van der Waals surface area contributed by atoms with Crippen molar-refractivity contribution in [1.82, 2.24) is 0 Å². The Morgan fingerprint density at radius 3 is 2.07 bits per heavy atom. The summed E-state index contributed by atoms with van der Waals surface area (Å²) in [5.41, 5.74) is 0. The topological polar surface area (TPSA) is 27.7 Å². The van der Waals surface area contributed by atoms with Gasteiger partial charge in [-0.25, -0.2) is 0 Å². The van der Waals surface area contributed by atoms with E-state index in [2.05, 4.69) is 30.4 Å². The summed E-state index contributed by atoms with van der Waals surface area (Å²) in [6, 6.07) is 0.959. The molecule has 0 spiro atoms. The molecule has 2 aliphatic carbocycles. The summed E-state index contributed by atoms with van der Waals surface area (Å²) in [4.78, 5) is 0. The van der Waals surface area contributed by atoms with Crippen LogP contribution in [0.1, 0.15) is 72.6 Å². The Morgan fingerprint density at radius 2 is 1.50 bits per heavy atom. The first kappa shape index (κ1) is 25.1. The van der Waals surface area contributed by atoms with Crippen molar-refractivity contribution in [3.05, 3.63) is 0 Å². The minimum atomic E-state index is -2.43. The van der Waals surface area contributed by atoms with Crippen molar-refractivity contribution in [2.24, 2.45) is 17.8 Å². The van der Waals surface area contributed by atoms with Crippen molar-refractivity contribution in [1.29, 1.82) is 0 Å². The summed E-state index contributed by atoms with van der Waals surface area (Å²) in [6.07, 6.45) is 9.89. The molecule has 0 heterocycles. The molecule has 0 N–H and O–H groups in total. The highest BCUT2D eigenvalue weighted by Crippen LogP contribution is 2.53. The van der Waals surface area contributed by atoms with Gasteiger partial charge in [0.1, 0.15) is 0 Å². The van der Waals surface area contributed by atoms with Crippen LogP contribution in [0.5, 0.6) is 0 Å². The maximum absolute atomic E-state index is 5.96. The first-order chi connectivity index (χ1) is 13.7. The van der Waals surface area contributed by atoms with Gasteiger partial charge in [-0.1, -0.05) is 13.3 Å². The van der Waals surface area contributed by atoms with Gasteiger partial charge in [0.25, 0.3) is 0 Å². The number of thioether (sulfide) groups is 2. The molecular weight excluding hydrogens is 404 g/mol. The Labute approximate surface area is 184 Å². The van der Waals surface area contributed by atoms with Gasteiger partial charge >= 0.3 is 8.80 Å². The van der Waals surface area contributed by atoms with Crippen LogP contribution in [0.2, 0.25) is 6.04 Å². The summed E-state index contributed by atoms with van der Waals surface area (Å²) in [7, 11) is -2.43. The molecule has 4 atom stereocenters. The van der Waals surface area contributed by atoms with E-state index in [0.29, 0.717) is 19.8 Å². The number of fused-ring (bicyclic) bond motifs is 2. The van der Waals surface area contributed by atoms with Crippen LogP contribution in [0.15, 0.2) is 0 Å². The van der Waals surface area contributed by atoms with Crippen LogP contribution in [0.25, 0.3) is 0 Å². The van der Waals surface area contributed by atoms with Gasteiger partial charge in [-0.05, 0) is 94.3 Å². The molecular formula is C22H44O3S2Si. The molecule has 28 heavy (non-hydrogen) atoms. The van der Waals surface area contributed by atoms with Gasteiger partial charge in [0, 0.05) is 31.1 Å². The highest BCUT2D eigenvalue weighted by atomic mass is 32.2. The molecule has 0 amide bonds. The summed E-state index contributed by atoms with van der Waals surface area (Å²) in [6.45, 7) is 10.5. The highest BCUT2D eigenvalue weighted by Gasteiger charge is 2.45. The maximum Gasteiger partial charge on any atom is 0.500 e.